The molecule has 1 aliphatic heterocycles. The van der Waals surface area contributed by atoms with Crippen molar-refractivity contribution in [1.82, 2.24) is 4.57 Å². The van der Waals surface area contributed by atoms with Crippen LogP contribution in [0.1, 0.15) is 22.5 Å². The summed E-state index contributed by atoms with van der Waals surface area (Å²) in [5.41, 5.74) is 6.25. The van der Waals surface area contributed by atoms with E-state index in [4.69, 9.17) is 0 Å². The van der Waals surface area contributed by atoms with Crippen LogP contribution in [0.5, 0.6) is 0 Å². The van der Waals surface area contributed by atoms with Gasteiger partial charge in [0.25, 0.3) is 5.91 Å². The van der Waals surface area contributed by atoms with Crippen LogP contribution in [0.25, 0.3) is 11.6 Å². The molecule has 3 rings (SSSR count). The fraction of sp³-hybridized carbons (Fsp3) is 0.235. The second-order valence-electron chi connectivity index (χ2n) is 5.32. The molecule has 0 N–H and O–H groups in total. The quantitative estimate of drug-likeness (QED) is 0.728. The Bertz CT molecular complexity index is 737. The molecule has 0 saturated carbocycles. The van der Waals surface area contributed by atoms with E-state index in [0.717, 1.165) is 22.4 Å². The van der Waals surface area contributed by atoms with Gasteiger partial charge in [-0.3, -0.25) is 4.79 Å². The number of para-hydroxylation sites is 1. The summed E-state index contributed by atoms with van der Waals surface area (Å²) in [5, 5.41) is 0. The summed E-state index contributed by atoms with van der Waals surface area (Å²) in [6.45, 7) is 4.15. The summed E-state index contributed by atoms with van der Waals surface area (Å²) in [7, 11) is 3.87. The van der Waals surface area contributed by atoms with Crippen LogP contribution in [0.3, 0.4) is 0 Å². The molecule has 0 saturated heterocycles. The van der Waals surface area contributed by atoms with Crippen LogP contribution < -0.4 is 4.90 Å². The van der Waals surface area contributed by atoms with Crippen LogP contribution in [-0.2, 0) is 11.8 Å². The van der Waals surface area contributed by atoms with E-state index in [-0.39, 0.29) is 5.91 Å². The summed E-state index contributed by atoms with van der Waals surface area (Å²) in [5.74, 6) is 0.0621. The third kappa shape index (κ3) is 1.70. The van der Waals surface area contributed by atoms with E-state index in [9.17, 15) is 4.79 Å². The molecule has 1 aromatic carbocycles. The molecular formula is C17H18N2O. The van der Waals surface area contributed by atoms with Crippen molar-refractivity contribution in [2.45, 2.75) is 13.8 Å². The number of hydrogen-bond acceptors (Lipinski definition) is 1. The Morgan fingerprint density at radius 1 is 1.10 bits per heavy atom. The molecule has 0 spiro atoms. The van der Waals surface area contributed by atoms with Gasteiger partial charge in [-0.25, -0.2) is 0 Å². The third-order valence-electron chi connectivity index (χ3n) is 4.20. The zero-order valence-electron chi connectivity index (χ0n) is 12.3. The van der Waals surface area contributed by atoms with E-state index >= 15 is 0 Å². The first-order valence-electron chi connectivity index (χ1n) is 6.73. The number of anilines is 1. The Labute approximate surface area is 119 Å². The van der Waals surface area contributed by atoms with Crippen LogP contribution in [0.15, 0.2) is 30.3 Å². The van der Waals surface area contributed by atoms with Crippen LogP contribution in [0.4, 0.5) is 5.69 Å². The van der Waals surface area contributed by atoms with Crippen molar-refractivity contribution >= 4 is 23.2 Å². The largest absolute Gasteiger partial charge is 0.352 e. The van der Waals surface area contributed by atoms with Gasteiger partial charge < -0.3 is 9.47 Å². The highest BCUT2D eigenvalue weighted by Crippen LogP contribution is 2.36. The maximum absolute atomic E-state index is 12.4. The molecule has 0 radical (unpaired) electrons. The van der Waals surface area contributed by atoms with E-state index < -0.39 is 0 Å². The Kier molecular flexibility index (Phi) is 2.78. The summed E-state index contributed by atoms with van der Waals surface area (Å²) < 4.78 is 2.14. The second-order valence-corrected chi connectivity index (χ2v) is 5.32. The average Bonchev–Trinajstić information content (AvgIpc) is 2.83. The molecule has 20 heavy (non-hydrogen) atoms. The van der Waals surface area contributed by atoms with Gasteiger partial charge in [0.15, 0.2) is 0 Å². The zero-order chi connectivity index (χ0) is 14.4. The molecular weight excluding hydrogens is 248 g/mol. The number of likely N-dealkylation sites (N-methyl/N-ethyl adjacent to an activating group) is 1. The van der Waals surface area contributed by atoms with Gasteiger partial charge in [0.1, 0.15) is 0 Å². The van der Waals surface area contributed by atoms with Gasteiger partial charge in [0, 0.05) is 36.6 Å². The summed E-state index contributed by atoms with van der Waals surface area (Å²) >= 11 is 0. The number of amides is 1. The fourth-order valence-electron chi connectivity index (χ4n) is 2.72. The van der Waals surface area contributed by atoms with Gasteiger partial charge in [0.2, 0.25) is 0 Å². The van der Waals surface area contributed by atoms with Gasteiger partial charge >= 0.3 is 0 Å². The third-order valence-corrected chi connectivity index (χ3v) is 4.20. The lowest BCUT2D eigenvalue weighted by molar-refractivity contribution is -0.112. The fourth-order valence-corrected chi connectivity index (χ4v) is 2.72. The molecule has 1 amide bonds. The number of fused-ring (bicyclic) bond motifs is 1. The van der Waals surface area contributed by atoms with E-state index in [0.29, 0.717) is 0 Å². The molecule has 0 fully saturated rings. The van der Waals surface area contributed by atoms with Crippen molar-refractivity contribution < 1.29 is 4.79 Å². The maximum atomic E-state index is 12.4. The summed E-state index contributed by atoms with van der Waals surface area (Å²) in [6, 6.07) is 10.0. The molecule has 1 aromatic heterocycles. The number of benzene rings is 1. The SMILES string of the molecule is Cc1cc(/C=C2\C(=O)N(C)c3ccccc32)c(C)n1C. The van der Waals surface area contributed by atoms with Crippen molar-refractivity contribution in [2.24, 2.45) is 7.05 Å². The number of rotatable bonds is 1. The highest BCUT2D eigenvalue weighted by Gasteiger charge is 2.29. The van der Waals surface area contributed by atoms with Gasteiger partial charge in [-0.15, -0.1) is 0 Å². The lowest BCUT2D eigenvalue weighted by Crippen LogP contribution is -2.20. The van der Waals surface area contributed by atoms with Crippen LogP contribution in [0, 0.1) is 13.8 Å². The minimum absolute atomic E-state index is 0.0621. The van der Waals surface area contributed by atoms with Crippen molar-refractivity contribution in [3.8, 4) is 0 Å². The minimum Gasteiger partial charge on any atom is -0.352 e. The number of carbonyl (C=O) groups excluding carboxylic acids is 1. The Balaban J connectivity index is 2.17. The monoisotopic (exact) mass is 266 g/mol. The van der Waals surface area contributed by atoms with Gasteiger partial charge in [0.05, 0.1) is 5.69 Å². The van der Waals surface area contributed by atoms with E-state index in [1.165, 1.54) is 11.4 Å². The molecule has 3 heteroatoms. The first-order valence-corrected chi connectivity index (χ1v) is 6.73. The van der Waals surface area contributed by atoms with Gasteiger partial charge in [-0.2, -0.15) is 0 Å². The first-order chi connectivity index (χ1) is 9.50. The number of carbonyl (C=O) groups is 1. The first kappa shape index (κ1) is 12.7. The molecule has 0 aliphatic carbocycles. The van der Waals surface area contributed by atoms with E-state index in [1.807, 2.05) is 44.4 Å². The Morgan fingerprint density at radius 3 is 2.45 bits per heavy atom. The van der Waals surface area contributed by atoms with Crippen molar-refractivity contribution in [3.05, 3.63) is 52.8 Å². The second kappa shape index (κ2) is 4.37. The Morgan fingerprint density at radius 2 is 1.80 bits per heavy atom. The molecule has 2 heterocycles. The zero-order valence-corrected chi connectivity index (χ0v) is 12.3. The topological polar surface area (TPSA) is 25.2 Å². The Hall–Kier alpha value is -2.29. The number of hydrogen-bond donors (Lipinski definition) is 0. The van der Waals surface area contributed by atoms with Crippen LogP contribution in [-0.4, -0.2) is 17.5 Å². The highest BCUT2D eigenvalue weighted by atomic mass is 16.2. The smallest absolute Gasteiger partial charge is 0.258 e. The molecule has 3 nitrogen and oxygen atoms in total. The standard InChI is InChI=1S/C17H18N2O/c1-11-9-13(12(2)18(11)3)10-15-14-7-5-6-8-16(14)19(4)17(15)20/h5-10H,1-4H3/b15-10-. The molecule has 2 aromatic rings. The normalized spacial score (nSPS) is 16.1. The van der Waals surface area contributed by atoms with Crippen LogP contribution >= 0.6 is 0 Å². The van der Waals surface area contributed by atoms with Crippen LogP contribution in [0.2, 0.25) is 0 Å². The lowest BCUT2D eigenvalue weighted by atomic mass is 10.0. The molecule has 0 atom stereocenters. The van der Waals surface area contributed by atoms with Crippen molar-refractivity contribution in [2.75, 3.05) is 11.9 Å². The highest BCUT2D eigenvalue weighted by molar-refractivity contribution is 6.35. The van der Waals surface area contributed by atoms with Crippen molar-refractivity contribution in [3.63, 3.8) is 0 Å². The molecule has 1 aliphatic rings. The van der Waals surface area contributed by atoms with E-state index in [1.54, 1.807) is 4.90 Å². The molecule has 0 bridgehead atoms. The number of aryl methyl sites for hydroxylation is 1. The summed E-state index contributed by atoms with van der Waals surface area (Å²) in [4.78, 5) is 14.1. The average molecular weight is 266 g/mol. The molecule has 0 unspecified atom stereocenters. The van der Waals surface area contributed by atoms with E-state index in [2.05, 4.69) is 24.5 Å². The molecule has 102 valence electrons. The van der Waals surface area contributed by atoms with Gasteiger partial charge in [-0.05, 0) is 37.6 Å². The number of aromatic nitrogens is 1. The van der Waals surface area contributed by atoms with Gasteiger partial charge in [-0.1, -0.05) is 18.2 Å². The lowest BCUT2D eigenvalue weighted by Gasteiger charge is -2.07. The predicted molar refractivity (Wildman–Crippen MR) is 82.6 cm³/mol. The van der Waals surface area contributed by atoms with Crippen molar-refractivity contribution in [1.29, 1.82) is 0 Å². The summed E-state index contributed by atoms with van der Waals surface area (Å²) in [6.07, 6.45) is 2.01. The minimum atomic E-state index is 0.0621. The predicted octanol–water partition coefficient (Wildman–Crippen LogP) is 3.16. The maximum Gasteiger partial charge on any atom is 0.258 e. The number of nitrogens with zero attached hydrogens (tertiary/aromatic N) is 2.